The predicted molar refractivity (Wildman–Crippen MR) is 152 cm³/mol. The van der Waals surface area contributed by atoms with Gasteiger partial charge < -0.3 is 10.2 Å². The summed E-state index contributed by atoms with van der Waals surface area (Å²) in [5.41, 5.74) is 2.86. The number of halogens is 1. The van der Waals surface area contributed by atoms with E-state index in [4.69, 9.17) is 11.6 Å². The fourth-order valence-corrected chi connectivity index (χ4v) is 5.58. The van der Waals surface area contributed by atoms with Crippen molar-refractivity contribution in [2.45, 2.75) is 51.6 Å². The summed E-state index contributed by atoms with van der Waals surface area (Å²) in [5.74, 6) is -0.827. The zero-order valence-electron chi connectivity index (χ0n) is 22.1. The van der Waals surface area contributed by atoms with Crippen molar-refractivity contribution in [3.8, 4) is 0 Å². The lowest BCUT2D eigenvalue weighted by Crippen LogP contribution is -2.51. The van der Waals surface area contributed by atoms with Crippen LogP contribution in [0.5, 0.6) is 0 Å². The van der Waals surface area contributed by atoms with Crippen LogP contribution < -0.4 is 9.62 Å². The maximum absolute atomic E-state index is 13.9. The maximum Gasteiger partial charge on any atom is 0.264 e. The number of aryl methyl sites for hydroxylation is 2. The lowest BCUT2D eigenvalue weighted by atomic mass is 10.1. The number of carbonyl (C=O) groups is 2. The highest BCUT2D eigenvalue weighted by Gasteiger charge is 2.32. The van der Waals surface area contributed by atoms with Gasteiger partial charge in [-0.1, -0.05) is 60.5 Å². The van der Waals surface area contributed by atoms with Crippen LogP contribution in [0.2, 0.25) is 5.02 Å². The van der Waals surface area contributed by atoms with Crippen LogP contribution in [0.15, 0.2) is 77.7 Å². The van der Waals surface area contributed by atoms with Crippen LogP contribution in [0.1, 0.15) is 37.0 Å². The van der Waals surface area contributed by atoms with Gasteiger partial charge in [0.05, 0.1) is 10.6 Å². The molecule has 0 aliphatic rings. The molecule has 2 amide bonds. The van der Waals surface area contributed by atoms with Crippen LogP contribution in [0.4, 0.5) is 5.69 Å². The van der Waals surface area contributed by atoms with Gasteiger partial charge in [-0.3, -0.25) is 13.9 Å². The van der Waals surface area contributed by atoms with Crippen molar-refractivity contribution in [2.75, 3.05) is 17.4 Å². The van der Waals surface area contributed by atoms with Crippen molar-refractivity contribution in [3.63, 3.8) is 0 Å². The fourth-order valence-electron chi connectivity index (χ4n) is 3.96. The molecule has 0 aromatic heterocycles. The molecule has 3 rings (SSSR count). The van der Waals surface area contributed by atoms with Crippen molar-refractivity contribution < 1.29 is 18.0 Å². The minimum atomic E-state index is -4.09. The normalized spacial score (nSPS) is 12.0. The van der Waals surface area contributed by atoms with Crippen LogP contribution in [-0.4, -0.2) is 44.3 Å². The van der Waals surface area contributed by atoms with E-state index in [0.717, 1.165) is 27.4 Å². The Morgan fingerprint density at radius 3 is 2.26 bits per heavy atom. The zero-order chi connectivity index (χ0) is 27.9. The van der Waals surface area contributed by atoms with Crippen LogP contribution >= 0.6 is 11.6 Å². The second kappa shape index (κ2) is 12.9. The molecule has 202 valence electrons. The molecular weight excluding hydrogens is 522 g/mol. The second-order valence-electron chi connectivity index (χ2n) is 9.28. The quantitative estimate of drug-likeness (QED) is 0.357. The van der Waals surface area contributed by atoms with Gasteiger partial charge in [0.15, 0.2) is 0 Å². The molecule has 0 saturated heterocycles. The molecule has 7 nitrogen and oxygen atoms in total. The van der Waals surface area contributed by atoms with Gasteiger partial charge in [0.25, 0.3) is 10.0 Å². The molecule has 0 aliphatic carbocycles. The first kappa shape index (κ1) is 29.2. The molecule has 1 atom stereocenters. The molecule has 0 bridgehead atoms. The van der Waals surface area contributed by atoms with E-state index in [2.05, 4.69) is 5.32 Å². The molecule has 3 aromatic rings. The Labute approximate surface area is 230 Å². The molecule has 1 N–H and O–H groups in total. The molecule has 0 radical (unpaired) electrons. The zero-order valence-corrected chi connectivity index (χ0v) is 23.7. The number of hydrogen-bond donors (Lipinski definition) is 1. The summed E-state index contributed by atoms with van der Waals surface area (Å²) in [6.07, 6.45) is 0.747. The first-order valence-corrected chi connectivity index (χ1v) is 14.3. The summed E-state index contributed by atoms with van der Waals surface area (Å²) in [5, 5.41) is 3.33. The van der Waals surface area contributed by atoms with E-state index in [9.17, 15) is 18.0 Å². The SMILES string of the molecule is CCCNC(=O)[C@@H](C)N(Cc1cccc(Cl)c1)C(=O)CN(c1cccc(C)c1)S(=O)(=O)c1ccc(C)cc1. The minimum Gasteiger partial charge on any atom is -0.354 e. The monoisotopic (exact) mass is 555 g/mol. The van der Waals surface area contributed by atoms with E-state index in [0.29, 0.717) is 17.3 Å². The van der Waals surface area contributed by atoms with Crippen molar-refractivity contribution in [1.29, 1.82) is 0 Å². The summed E-state index contributed by atoms with van der Waals surface area (Å²) in [7, 11) is -4.09. The maximum atomic E-state index is 13.9. The van der Waals surface area contributed by atoms with E-state index < -0.39 is 28.5 Å². The Balaban J connectivity index is 2.02. The first-order valence-electron chi connectivity index (χ1n) is 12.5. The van der Waals surface area contributed by atoms with Crippen molar-refractivity contribution >= 4 is 39.1 Å². The van der Waals surface area contributed by atoms with Crippen LogP contribution in [0.3, 0.4) is 0 Å². The summed E-state index contributed by atoms with van der Waals surface area (Å²) >= 11 is 6.17. The van der Waals surface area contributed by atoms with E-state index in [1.54, 1.807) is 55.5 Å². The smallest absolute Gasteiger partial charge is 0.264 e. The van der Waals surface area contributed by atoms with E-state index >= 15 is 0 Å². The molecular formula is C29H34ClN3O4S. The Bertz CT molecular complexity index is 1380. The van der Waals surface area contributed by atoms with Gasteiger partial charge >= 0.3 is 0 Å². The number of rotatable bonds is 11. The summed E-state index contributed by atoms with van der Waals surface area (Å²) < 4.78 is 28.7. The number of benzene rings is 3. The van der Waals surface area contributed by atoms with Gasteiger partial charge in [-0.05, 0) is 74.7 Å². The Hall–Kier alpha value is -3.36. The molecule has 38 heavy (non-hydrogen) atoms. The highest BCUT2D eigenvalue weighted by atomic mass is 35.5. The third-order valence-electron chi connectivity index (χ3n) is 6.14. The minimum absolute atomic E-state index is 0.0764. The molecule has 0 spiro atoms. The number of amides is 2. The van der Waals surface area contributed by atoms with Gasteiger partial charge in [-0.2, -0.15) is 0 Å². The standard InChI is InChI=1S/C29H34ClN3O4S/c1-5-16-31-29(35)23(4)32(19-24-9-7-10-25(30)18-24)28(34)20-33(26-11-6-8-22(3)17-26)38(36,37)27-14-12-21(2)13-15-27/h6-15,17-18,23H,5,16,19-20H2,1-4H3,(H,31,35)/t23-/m1/s1. The highest BCUT2D eigenvalue weighted by molar-refractivity contribution is 7.92. The highest BCUT2D eigenvalue weighted by Crippen LogP contribution is 2.26. The molecule has 0 heterocycles. The molecule has 0 saturated carbocycles. The fraction of sp³-hybridized carbons (Fsp3) is 0.310. The number of sulfonamides is 1. The molecule has 0 fully saturated rings. The van der Waals surface area contributed by atoms with Gasteiger partial charge in [0.2, 0.25) is 11.8 Å². The average Bonchev–Trinajstić information content (AvgIpc) is 2.88. The van der Waals surface area contributed by atoms with Gasteiger partial charge in [-0.25, -0.2) is 8.42 Å². The molecule has 3 aromatic carbocycles. The third kappa shape index (κ3) is 7.36. The topological polar surface area (TPSA) is 86.8 Å². The number of carbonyl (C=O) groups excluding carboxylic acids is 2. The predicted octanol–water partition coefficient (Wildman–Crippen LogP) is 5.10. The summed E-state index contributed by atoms with van der Waals surface area (Å²) in [6, 6.07) is 19.7. The van der Waals surface area contributed by atoms with Gasteiger partial charge in [0, 0.05) is 18.1 Å². The second-order valence-corrected chi connectivity index (χ2v) is 11.6. The third-order valence-corrected chi connectivity index (χ3v) is 8.16. The number of nitrogens with zero attached hydrogens (tertiary/aromatic N) is 2. The van der Waals surface area contributed by atoms with Crippen LogP contribution in [-0.2, 0) is 26.2 Å². The molecule has 9 heteroatoms. The van der Waals surface area contributed by atoms with Crippen molar-refractivity contribution in [1.82, 2.24) is 10.2 Å². The van der Waals surface area contributed by atoms with Gasteiger partial charge in [0.1, 0.15) is 12.6 Å². The molecule has 0 aliphatic heterocycles. The lowest BCUT2D eigenvalue weighted by Gasteiger charge is -2.32. The Morgan fingerprint density at radius 2 is 1.63 bits per heavy atom. The largest absolute Gasteiger partial charge is 0.354 e. The van der Waals surface area contributed by atoms with Crippen LogP contribution in [0, 0.1) is 13.8 Å². The molecule has 0 unspecified atom stereocenters. The van der Waals surface area contributed by atoms with Crippen molar-refractivity contribution in [2.24, 2.45) is 0 Å². The number of nitrogens with one attached hydrogen (secondary N) is 1. The lowest BCUT2D eigenvalue weighted by molar-refractivity contribution is -0.139. The Kier molecular flexibility index (Phi) is 9.94. The van der Waals surface area contributed by atoms with Crippen molar-refractivity contribution in [3.05, 3.63) is 94.5 Å². The first-order chi connectivity index (χ1) is 18.0. The average molecular weight is 556 g/mol. The Morgan fingerprint density at radius 1 is 0.947 bits per heavy atom. The number of hydrogen-bond acceptors (Lipinski definition) is 4. The van der Waals surface area contributed by atoms with Crippen LogP contribution in [0.25, 0.3) is 0 Å². The van der Waals surface area contributed by atoms with E-state index in [1.165, 1.54) is 17.0 Å². The summed E-state index contributed by atoms with van der Waals surface area (Å²) in [6.45, 7) is 7.39. The van der Waals surface area contributed by atoms with Gasteiger partial charge in [-0.15, -0.1) is 0 Å². The van der Waals surface area contributed by atoms with E-state index in [1.807, 2.05) is 32.9 Å². The van der Waals surface area contributed by atoms with E-state index in [-0.39, 0.29) is 17.3 Å². The number of anilines is 1. The summed E-state index contributed by atoms with van der Waals surface area (Å²) in [4.78, 5) is 28.2.